The predicted molar refractivity (Wildman–Crippen MR) is 257 cm³/mol. The lowest BCUT2D eigenvalue weighted by molar-refractivity contribution is -0.145. The zero-order chi connectivity index (χ0) is 48.5. The molecule has 0 radical (unpaired) electrons. The fourth-order valence-electron chi connectivity index (χ4n) is 7.53. The van der Waals surface area contributed by atoms with E-state index in [4.69, 9.17) is 42.9 Å². The number of ether oxygens (including phenoxy) is 8. The van der Waals surface area contributed by atoms with Crippen LogP contribution in [0.2, 0.25) is 0 Å². The maximum Gasteiger partial charge on any atom is 0.410 e. The molecule has 4 aromatic carbocycles. The molecule has 362 valence electrons. The molecule has 0 aliphatic carbocycles. The third kappa shape index (κ3) is 15.4. The Morgan fingerprint density at radius 2 is 1.59 bits per heavy atom. The summed E-state index contributed by atoms with van der Waals surface area (Å²) in [5, 5.41) is 0. The summed E-state index contributed by atoms with van der Waals surface area (Å²) in [6, 6.07) is 29.5. The van der Waals surface area contributed by atoms with Crippen LogP contribution in [-0.4, -0.2) is 105 Å². The number of esters is 1. The number of ketones is 1. The van der Waals surface area contributed by atoms with E-state index in [0.29, 0.717) is 74.4 Å². The first-order valence-electron chi connectivity index (χ1n) is 23.0. The number of aromatic nitrogens is 2. The van der Waals surface area contributed by atoms with E-state index < -0.39 is 23.8 Å². The van der Waals surface area contributed by atoms with Gasteiger partial charge in [0.1, 0.15) is 53.5 Å². The average Bonchev–Trinajstić information content (AvgIpc) is 3.33. The third-order valence-electron chi connectivity index (χ3n) is 10.9. The number of carbonyl (C=O) groups is 3. The molecule has 0 bridgehead atoms. The molecule has 15 nitrogen and oxygen atoms in total. The predicted octanol–water partition coefficient (Wildman–Crippen LogP) is 8.80. The van der Waals surface area contributed by atoms with Crippen LogP contribution in [0.1, 0.15) is 74.0 Å². The van der Waals surface area contributed by atoms with Gasteiger partial charge in [0.05, 0.1) is 65.0 Å². The molecule has 6 rings (SSSR count). The van der Waals surface area contributed by atoms with Crippen molar-refractivity contribution in [2.75, 3.05) is 65.2 Å². The Bertz CT molecular complexity index is 2410. The molecular weight excluding hydrogens is 869 g/mol. The molecule has 15 heteroatoms. The molecule has 1 aliphatic heterocycles. The Balaban J connectivity index is 1.20. The van der Waals surface area contributed by atoms with E-state index >= 15 is 0 Å². The summed E-state index contributed by atoms with van der Waals surface area (Å²) in [5.74, 6) is 2.36. The number of morpholine rings is 1. The molecule has 2 heterocycles. The van der Waals surface area contributed by atoms with Crippen LogP contribution < -0.4 is 23.8 Å². The molecular formula is C53H64N4O11. The number of hydrogen-bond donors (Lipinski definition) is 0. The second-order valence-corrected chi connectivity index (χ2v) is 17.3. The van der Waals surface area contributed by atoms with Crippen molar-refractivity contribution in [3.8, 4) is 23.0 Å². The maximum absolute atomic E-state index is 13.4. The molecule has 1 aromatic heterocycles. The summed E-state index contributed by atoms with van der Waals surface area (Å²) < 4.78 is 46.0. The standard InChI is InChI=1S/C53H64N4O11/c1-8-64-51(59)35-67-43-16-10-14-40(28-43)26-41-29-50(55-36-54-41)57(32-45-47(61-6)30-44(31-48(45)62-7)65-25-24-63-34-39-20-18-37(2)19-21-39)42-15-9-12-38(27-42)13-11-17-46(58)49-33-56(22-23-66-49)52(60)68-53(3,4)5/h9-10,12,14-16,18-21,27-31,36,49H,8,11,13,17,22-26,32-35H2,1-7H3. The minimum Gasteiger partial charge on any atom is -0.496 e. The molecule has 1 aliphatic rings. The summed E-state index contributed by atoms with van der Waals surface area (Å²) in [4.78, 5) is 51.1. The fraction of sp³-hybridized carbons (Fsp3) is 0.415. The van der Waals surface area contributed by atoms with Crippen molar-refractivity contribution in [1.82, 2.24) is 14.9 Å². The van der Waals surface area contributed by atoms with Crippen LogP contribution in [0.4, 0.5) is 16.3 Å². The first-order valence-corrected chi connectivity index (χ1v) is 23.0. The summed E-state index contributed by atoms with van der Waals surface area (Å²) in [6.45, 7) is 11.6. The maximum atomic E-state index is 13.4. The summed E-state index contributed by atoms with van der Waals surface area (Å²) in [7, 11) is 3.22. The molecule has 1 amide bonds. The number of hydrogen-bond acceptors (Lipinski definition) is 14. The number of methoxy groups -OCH3 is 2. The van der Waals surface area contributed by atoms with Crippen LogP contribution in [0, 0.1) is 6.92 Å². The Hall–Kier alpha value is -6.71. The Labute approximate surface area is 399 Å². The van der Waals surface area contributed by atoms with Crippen molar-refractivity contribution < 1.29 is 52.3 Å². The number of Topliss-reactive ketones (excluding diaryl/α,β-unsaturated/α-hetero) is 1. The van der Waals surface area contributed by atoms with Crippen LogP contribution in [-0.2, 0) is 54.5 Å². The number of benzene rings is 4. The van der Waals surface area contributed by atoms with Crippen molar-refractivity contribution >= 4 is 29.4 Å². The molecule has 0 N–H and O–H groups in total. The topological polar surface area (TPSA) is 157 Å². The number of aryl methyl sites for hydroxylation is 2. The Morgan fingerprint density at radius 1 is 0.838 bits per heavy atom. The number of nitrogens with zero attached hydrogens (tertiary/aromatic N) is 4. The monoisotopic (exact) mass is 932 g/mol. The van der Waals surface area contributed by atoms with Gasteiger partial charge in [0, 0.05) is 43.3 Å². The highest BCUT2D eigenvalue weighted by molar-refractivity contribution is 5.84. The van der Waals surface area contributed by atoms with Gasteiger partial charge in [-0.05, 0) is 88.4 Å². The van der Waals surface area contributed by atoms with Crippen LogP contribution in [0.15, 0.2) is 97.3 Å². The van der Waals surface area contributed by atoms with Crippen molar-refractivity contribution in [1.29, 1.82) is 0 Å². The van der Waals surface area contributed by atoms with Crippen molar-refractivity contribution in [2.45, 2.75) is 85.2 Å². The molecule has 1 atom stereocenters. The van der Waals surface area contributed by atoms with Crippen LogP contribution in [0.3, 0.4) is 0 Å². The average molecular weight is 933 g/mol. The number of amides is 1. The normalized spacial score (nSPS) is 13.6. The number of rotatable bonds is 23. The van der Waals surface area contributed by atoms with Gasteiger partial charge in [-0.25, -0.2) is 19.6 Å². The smallest absolute Gasteiger partial charge is 0.410 e. The zero-order valence-electron chi connectivity index (χ0n) is 40.3. The number of carbonyl (C=O) groups excluding carboxylic acids is 3. The molecule has 1 unspecified atom stereocenters. The van der Waals surface area contributed by atoms with E-state index in [2.05, 4.69) is 47.1 Å². The summed E-state index contributed by atoms with van der Waals surface area (Å²) in [6.07, 6.45) is 2.33. The molecule has 1 fully saturated rings. The minimum atomic E-state index is -0.705. The van der Waals surface area contributed by atoms with E-state index in [1.54, 1.807) is 32.1 Å². The fourth-order valence-corrected chi connectivity index (χ4v) is 7.53. The largest absolute Gasteiger partial charge is 0.496 e. The molecule has 5 aromatic rings. The Kier molecular flexibility index (Phi) is 18.6. The van der Waals surface area contributed by atoms with Gasteiger partial charge in [-0.3, -0.25) is 4.79 Å². The van der Waals surface area contributed by atoms with E-state index in [1.807, 2.05) is 75.4 Å². The van der Waals surface area contributed by atoms with Crippen LogP contribution >= 0.6 is 0 Å². The SMILES string of the molecule is CCOC(=O)COc1cccc(Cc2cc(N(Cc3c(OC)cc(OCCOCc4ccc(C)cc4)cc3OC)c3cccc(CCCC(=O)C4CN(C(=O)OC(C)(C)C)CCO4)c3)ncn2)c1. The van der Waals surface area contributed by atoms with E-state index in [0.717, 1.165) is 33.6 Å². The lowest BCUT2D eigenvalue weighted by Gasteiger charge is -2.33. The minimum absolute atomic E-state index is 0.0537. The highest BCUT2D eigenvalue weighted by atomic mass is 16.6. The first-order chi connectivity index (χ1) is 32.8. The van der Waals surface area contributed by atoms with Gasteiger partial charge in [0.25, 0.3) is 0 Å². The van der Waals surface area contributed by atoms with Crippen molar-refractivity contribution in [2.24, 2.45) is 0 Å². The summed E-state index contributed by atoms with van der Waals surface area (Å²) in [5.41, 5.74) is 5.94. The van der Waals surface area contributed by atoms with Gasteiger partial charge in [-0.2, -0.15) is 0 Å². The van der Waals surface area contributed by atoms with Gasteiger partial charge in [-0.1, -0.05) is 54.1 Å². The Morgan fingerprint density at radius 3 is 2.32 bits per heavy atom. The van der Waals surface area contributed by atoms with E-state index in [-0.39, 0.29) is 45.1 Å². The number of anilines is 2. The lowest BCUT2D eigenvalue weighted by Crippen LogP contribution is -2.49. The second-order valence-electron chi connectivity index (χ2n) is 17.3. The van der Waals surface area contributed by atoms with Crippen LogP contribution in [0.25, 0.3) is 0 Å². The van der Waals surface area contributed by atoms with E-state index in [1.165, 1.54) is 11.9 Å². The first kappa shape index (κ1) is 50.7. The lowest BCUT2D eigenvalue weighted by atomic mass is 10.0. The van der Waals surface area contributed by atoms with E-state index in [9.17, 15) is 14.4 Å². The van der Waals surface area contributed by atoms with Gasteiger partial charge < -0.3 is 47.7 Å². The quantitative estimate of drug-likeness (QED) is 0.0452. The third-order valence-corrected chi connectivity index (χ3v) is 10.9. The molecule has 0 spiro atoms. The summed E-state index contributed by atoms with van der Waals surface area (Å²) >= 11 is 0. The molecule has 1 saturated heterocycles. The highest BCUT2D eigenvalue weighted by Crippen LogP contribution is 2.38. The van der Waals surface area contributed by atoms with Crippen LogP contribution in [0.5, 0.6) is 23.0 Å². The van der Waals surface area contributed by atoms with Gasteiger partial charge >= 0.3 is 12.1 Å². The second kappa shape index (κ2) is 24.9. The van der Waals surface area contributed by atoms with Gasteiger partial charge in [-0.15, -0.1) is 0 Å². The van der Waals surface area contributed by atoms with Crippen molar-refractivity contribution in [3.05, 3.63) is 131 Å². The molecule has 68 heavy (non-hydrogen) atoms. The highest BCUT2D eigenvalue weighted by Gasteiger charge is 2.31. The zero-order valence-corrected chi connectivity index (χ0v) is 40.3. The van der Waals surface area contributed by atoms with Gasteiger partial charge in [0.2, 0.25) is 0 Å². The molecule has 0 saturated carbocycles. The van der Waals surface area contributed by atoms with Gasteiger partial charge in [0.15, 0.2) is 12.4 Å². The van der Waals surface area contributed by atoms with Crippen molar-refractivity contribution in [3.63, 3.8) is 0 Å².